The molecule has 33 heavy (non-hydrogen) atoms. The molecule has 0 aromatic heterocycles. The lowest BCUT2D eigenvalue weighted by Crippen LogP contribution is -2.23. The third-order valence-electron chi connectivity index (χ3n) is 4.86. The zero-order valence-corrected chi connectivity index (χ0v) is 19.3. The number of aliphatic carboxylic acids is 1. The second-order valence-electron chi connectivity index (χ2n) is 7.26. The van der Waals surface area contributed by atoms with Crippen LogP contribution in [0.15, 0.2) is 72.8 Å². The summed E-state index contributed by atoms with van der Waals surface area (Å²) in [6, 6.07) is 20.9. The highest BCUT2D eigenvalue weighted by Crippen LogP contribution is 2.18. The van der Waals surface area contributed by atoms with Crippen molar-refractivity contribution in [1.29, 1.82) is 0 Å². The van der Waals surface area contributed by atoms with Crippen molar-refractivity contribution < 1.29 is 24.5 Å². The summed E-state index contributed by atoms with van der Waals surface area (Å²) in [6.07, 6.45) is 0.126. The summed E-state index contributed by atoms with van der Waals surface area (Å²) in [6.45, 7) is 0.676. The fourth-order valence-electron chi connectivity index (χ4n) is 3.14. The van der Waals surface area contributed by atoms with Crippen LogP contribution in [0.25, 0.3) is 0 Å². The fourth-order valence-corrected chi connectivity index (χ4v) is 3.34. The number of hydrogen-bond acceptors (Lipinski definition) is 5. The fraction of sp³-hybridized carbons (Fsp3) is 0.200. The van der Waals surface area contributed by atoms with Crippen molar-refractivity contribution in [1.82, 2.24) is 5.32 Å². The largest absolute Gasteiger partial charge is 0.482 e. The molecule has 8 heteroatoms. The predicted octanol–water partition coefficient (Wildman–Crippen LogP) is 4.32. The van der Waals surface area contributed by atoms with Gasteiger partial charge in [0.1, 0.15) is 5.75 Å². The predicted molar refractivity (Wildman–Crippen MR) is 130 cm³/mol. The van der Waals surface area contributed by atoms with E-state index in [1.807, 2.05) is 24.3 Å². The minimum absolute atomic E-state index is 0. The Hall–Kier alpha value is -2.90. The van der Waals surface area contributed by atoms with E-state index in [0.29, 0.717) is 35.0 Å². The highest BCUT2D eigenvalue weighted by molar-refractivity contribution is 6.30. The average Bonchev–Trinajstić information content (AvgIpc) is 2.80. The number of ketones is 1. The van der Waals surface area contributed by atoms with Gasteiger partial charge in [0, 0.05) is 22.7 Å². The van der Waals surface area contributed by atoms with Gasteiger partial charge >= 0.3 is 5.97 Å². The molecule has 6 nitrogen and oxygen atoms in total. The Balaban J connectivity index is 0.00000385. The van der Waals surface area contributed by atoms with Crippen LogP contribution in [-0.4, -0.2) is 41.7 Å². The van der Waals surface area contributed by atoms with Crippen molar-refractivity contribution in [3.63, 3.8) is 0 Å². The first-order valence-electron chi connectivity index (χ1n) is 10.1. The van der Waals surface area contributed by atoms with Crippen molar-refractivity contribution in [3.8, 4) is 5.75 Å². The first-order valence-corrected chi connectivity index (χ1v) is 10.5. The lowest BCUT2D eigenvalue weighted by molar-refractivity contribution is -0.139. The normalized spacial score (nSPS) is 11.3. The Morgan fingerprint density at radius 1 is 0.970 bits per heavy atom. The molecule has 3 aromatic rings. The molecule has 3 aromatic carbocycles. The van der Waals surface area contributed by atoms with Crippen LogP contribution in [-0.2, 0) is 11.2 Å². The topological polar surface area (TPSA) is 95.9 Å². The first kappa shape index (κ1) is 26.4. The maximum absolute atomic E-state index is 12.6. The summed E-state index contributed by atoms with van der Waals surface area (Å²) in [7, 11) is 0. The molecule has 0 aliphatic heterocycles. The van der Waals surface area contributed by atoms with Gasteiger partial charge in [-0.3, -0.25) is 4.79 Å². The number of carboxylic acids is 1. The summed E-state index contributed by atoms with van der Waals surface area (Å²) in [5.41, 5.74) is 2.91. The van der Waals surface area contributed by atoms with Crippen LogP contribution in [0, 0.1) is 0 Å². The number of carbonyl (C=O) groups is 2. The second kappa shape index (κ2) is 13.0. The number of nitrogens with one attached hydrogen (secondary N) is 1. The van der Waals surface area contributed by atoms with Crippen LogP contribution >= 0.6 is 24.0 Å². The summed E-state index contributed by atoms with van der Waals surface area (Å²) in [5.74, 6) is -0.783. The van der Waals surface area contributed by atoms with Crippen LogP contribution in [0.3, 0.4) is 0 Å². The molecular formula is C25H25Cl2NO5. The zero-order chi connectivity index (χ0) is 22.9. The van der Waals surface area contributed by atoms with E-state index in [9.17, 15) is 14.7 Å². The number of rotatable bonds is 11. The summed E-state index contributed by atoms with van der Waals surface area (Å²) in [5, 5.41) is 22.7. The smallest absolute Gasteiger partial charge is 0.341 e. The van der Waals surface area contributed by atoms with E-state index in [-0.39, 0.29) is 18.2 Å². The van der Waals surface area contributed by atoms with Gasteiger partial charge in [-0.15, -0.1) is 12.4 Å². The van der Waals surface area contributed by atoms with Crippen molar-refractivity contribution in [2.75, 3.05) is 19.7 Å². The Morgan fingerprint density at radius 2 is 1.61 bits per heavy atom. The number of hydrogen-bond donors (Lipinski definition) is 3. The molecule has 3 rings (SSSR count). The lowest BCUT2D eigenvalue weighted by atomic mass is 10.0. The molecule has 0 saturated carbocycles. The lowest BCUT2D eigenvalue weighted by Gasteiger charge is -2.12. The highest BCUT2D eigenvalue weighted by atomic mass is 35.5. The molecule has 0 saturated heterocycles. The van der Waals surface area contributed by atoms with Crippen molar-refractivity contribution >= 4 is 35.8 Å². The molecule has 0 unspecified atom stereocenters. The molecule has 174 valence electrons. The Kier molecular flexibility index (Phi) is 10.4. The Labute approximate surface area is 203 Å². The van der Waals surface area contributed by atoms with Gasteiger partial charge in [0.05, 0.1) is 6.10 Å². The van der Waals surface area contributed by atoms with E-state index in [0.717, 1.165) is 17.5 Å². The number of aliphatic hydroxyl groups excluding tert-OH is 1. The van der Waals surface area contributed by atoms with E-state index < -0.39 is 18.7 Å². The molecule has 0 bridgehead atoms. The van der Waals surface area contributed by atoms with E-state index in [4.69, 9.17) is 21.4 Å². The Morgan fingerprint density at radius 3 is 2.21 bits per heavy atom. The molecule has 0 heterocycles. The van der Waals surface area contributed by atoms with Gasteiger partial charge < -0.3 is 20.3 Å². The van der Waals surface area contributed by atoms with Crippen LogP contribution in [0.2, 0.25) is 5.02 Å². The van der Waals surface area contributed by atoms with Crippen LogP contribution < -0.4 is 10.1 Å². The van der Waals surface area contributed by atoms with Gasteiger partial charge in [-0.25, -0.2) is 4.79 Å². The highest BCUT2D eigenvalue weighted by Gasteiger charge is 2.10. The van der Waals surface area contributed by atoms with Crippen LogP contribution in [0.5, 0.6) is 5.75 Å². The van der Waals surface area contributed by atoms with Gasteiger partial charge in [0.25, 0.3) is 0 Å². The van der Waals surface area contributed by atoms with Crippen molar-refractivity contribution in [3.05, 3.63) is 100 Å². The van der Waals surface area contributed by atoms with Gasteiger partial charge in [0.15, 0.2) is 12.4 Å². The van der Waals surface area contributed by atoms with Gasteiger partial charge in [-0.2, -0.15) is 0 Å². The van der Waals surface area contributed by atoms with Crippen molar-refractivity contribution in [2.45, 2.75) is 12.5 Å². The summed E-state index contributed by atoms with van der Waals surface area (Å²) < 4.78 is 5.08. The van der Waals surface area contributed by atoms with E-state index in [1.165, 1.54) is 0 Å². The standard InChI is InChI=1S/C25H24ClNO5.ClH/c26-21-3-1-2-20(14-21)23(28)15-27-13-12-17-4-6-18(7-5-17)25(31)19-8-10-22(11-9-19)32-16-24(29)30;/h1-11,14,23,27-28H,12-13,15-16H2,(H,29,30);1H/t23-;/m1./s1. The van der Waals surface area contributed by atoms with Crippen LogP contribution in [0.1, 0.15) is 33.2 Å². The number of ether oxygens (including phenoxy) is 1. The first-order chi connectivity index (χ1) is 15.4. The molecule has 1 atom stereocenters. The molecule has 0 spiro atoms. The molecule has 0 radical (unpaired) electrons. The van der Waals surface area contributed by atoms with Crippen molar-refractivity contribution in [2.24, 2.45) is 0 Å². The van der Waals surface area contributed by atoms with E-state index >= 15 is 0 Å². The quantitative estimate of drug-likeness (QED) is 0.274. The molecule has 0 fully saturated rings. The number of benzene rings is 3. The molecule has 0 aliphatic rings. The third-order valence-corrected chi connectivity index (χ3v) is 5.09. The Bertz CT molecular complexity index is 1060. The molecule has 0 aliphatic carbocycles. The maximum Gasteiger partial charge on any atom is 0.341 e. The van der Waals surface area contributed by atoms with Gasteiger partial charge in [0.2, 0.25) is 0 Å². The van der Waals surface area contributed by atoms with E-state index in [2.05, 4.69) is 5.32 Å². The molecule has 3 N–H and O–H groups in total. The van der Waals surface area contributed by atoms with E-state index in [1.54, 1.807) is 48.5 Å². The molecule has 0 amide bonds. The monoisotopic (exact) mass is 489 g/mol. The zero-order valence-electron chi connectivity index (χ0n) is 17.7. The number of carboxylic acid groups (broad SMARTS) is 1. The third kappa shape index (κ3) is 8.18. The molecular weight excluding hydrogens is 465 g/mol. The minimum atomic E-state index is -1.06. The SMILES string of the molecule is Cl.O=C(O)COc1ccc(C(=O)c2ccc(CCNC[C@@H](O)c3cccc(Cl)c3)cc2)cc1. The summed E-state index contributed by atoms with van der Waals surface area (Å²) >= 11 is 5.95. The second-order valence-corrected chi connectivity index (χ2v) is 7.69. The maximum atomic E-state index is 12.6. The minimum Gasteiger partial charge on any atom is -0.482 e. The van der Waals surface area contributed by atoms with Crippen LogP contribution in [0.4, 0.5) is 0 Å². The number of halogens is 2. The number of carbonyl (C=O) groups excluding carboxylic acids is 1. The van der Waals surface area contributed by atoms with Gasteiger partial charge in [-0.05, 0) is 60.5 Å². The average molecular weight is 490 g/mol. The van der Waals surface area contributed by atoms with Gasteiger partial charge in [-0.1, -0.05) is 48.0 Å². The number of aliphatic hydroxyl groups is 1. The summed E-state index contributed by atoms with van der Waals surface area (Å²) in [4.78, 5) is 23.2.